The number of carboxylic acids is 1. The maximum absolute atomic E-state index is 11.9. The Balaban J connectivity index is 1.85. The molecule has 17 heavy (non-hydrogen) atoms. The number of ether oxygens (including phenoxy) is 1. The predicted octanol–water partition coefficient (Wildman–Crippen LogP) is -0.398. The van der Waals surface area contributed by atoms with Crippen LogP contribution in [0.3, 0.4) is 0 Å². The highest BCUT2D eigenvalue weighted by Crippen LogP contribution is 2.28. The van der Waals surface area contributed by atoms with E-state index in [1.807, 2.05) is 6.92 Å². The Hall–Kier alpha value is -1.14. The van der Waals surface area contributed by atoms with Crippen molar-refractivity contribution in [2.24, 2.45) is 0 Å². The summed E-state index contributed by atoms with van der Waals surface area (Å²) < 4.78 is 5.17. The predicted molar refractivity (Wildman–Crippen MR) is 57.4 cm³/mol. The van der Waals surface area contributed by atoms with E-state index in [2.05, 4.69) is 0 Å². The molecule has 2 aliphatic rings. The normalized spacial score (nSPS) is 31.1. The zero-order valence-corrected chi connectivity index (χ0v) is 9.76. The van der Waals surface area contributed by atoms with Gasteiger partial charge in [-0.1, -0.05) is 6.92 Å². The lowest BCUT2D eigenvalue weighted by Crippen LogP contribution is -2.64. The number of hydrogen-bond donors (Lipinski definition) is 2. The lowest BCUT2D eigenvalue weighted by Gasteiger charge is -2.46. The SMILES string of the molecule is CCC1(O)CN(C(=O)[C@@H]2CC[C@H](C(=O)O)O2)C1. The van der Waals surface area contributed by atoms with Gasteiger partial charge in [-0.05, 0) is 19.3 Å². The van der Waals surface area contributed by atoms with E-state index in [0.29, 0.717) is 32.4 Å². The third-order valence-corrected chi connectivity index (χ3v) is 3.51. The zero-order chi connectivity index (χ0) is 12.6. The molecule has 2 rings (SSSR count). The molecule has 6 nitrogen and oxygen atoms in total. The van der Waals surface area contributed by atoms with Crippen molar-refractivity contribution in [1.29, 1.82) is 0 Å². The van der Waals surface area contributed by atoms with Crippen molar-refractivity contribution in [2.75, 3.05) is 13.1 Å². The van der Waals surface area contributed by atoms with E-state index >= 15 is 0 Å². The van der Waals surface area contributed by atoms with Crippen molar-refractivity contribution < 1.29 is 24.5 Å². The molecule has 0 aromatic carbocycles. The molecular weight excluding hydrogens is 226 g/mol. The number of rotatable bonds is 3. The number of β-amino-alcohol motifs (C(OH)–C–C–N with tert-alkyl or cyclic N) is 1. The molecule has 2 aliphatic heterocycles. The highest BCUT2D eigenvalue weighted by molar-refractivity contribution is 5.83. The van der Waals surface area contributed by atoms with Crippen molar-refractivity contribution in [3.05, 3.63) is 0 Å². The minimum atomic E-state index is -1.02. The van der Waals surface area contributed by atoms with E-state index < -0.39 is 23.8 Å². The van der Waals surface area contributed by atoms with Gasteiger partial charge in [-0.25, -0.2) is 4.79 Å². The molecule has 0 bridgehead atoms. The Labute approximate surface area is 99.2 Å². The zero-order valence-electron chi connectivity index (χ0n) is 9.76. The van der Waals surface area contributed by atoms with Crippen molar-refractivity contribution in [3.63, 3.8) is 0 Å². The third-order valence-electron chi connectivity index (χ3n) is 3.51. The van der Waals surface area contributed by atoms with Gasteiger partial charge in [0.1, 0.15) is 6.10 Å². The van der Waals surface area contributed by atoms with Crippen LogP contribution in [0.25, 0.3) is 0 Å². The Bertz CT molecular complexity index is 337. The fourth-order valence-corrected chi connectivity index (χ4v) is 2.25. The largest absolute Gasteiger partial charge is 0.479 e. The highest BCUT2D eigenvalue weighted by Gasteiger charge is 2.46. The van der Waals surface area contributed by atoms with Crippen LogP contribution >= 0.6 is 0 Å². The quantitative estimate of drug-likeness (QED) is 0.704. The Kier molecular flexibility index (Phi) is 3.09. The topological polar surface area (TPSA) is 87.1 Å². The molecule has 2 heterocycles. The average molecular weight is 243 g/mol. The average Bonchev–Trinajstić information content (AvgIpc) is 2.73. The van der Waals surface area contributed by atoms with E-state index in [-0.39, 0.29) is 5.91 Å². The van der Waals surface area contributed by atoms with Crippen LogP contribution in [0.2, 0.25) is 0 Å². The van der Waals surface area contributed by atoms with Gasteiger partial charge in [0.05, 0.1) is 18.7 Å². The summed E-state index contributed by atoms with van der Waals surface area (Å²) in [5.41, 5.74) is -0.763. The van der Waals surface area contributed by atoms with E-state index in [1.54, 1.807) is 0 Å². The second-order valence-corrected chi connectivity index (χ2v) is 4.80. The van der Waals surface area contributed by atoms with Gasteiger partial charge in [-0.15, -0.1) is 0 Å². The molecular formula is C11H17NO5. The molecule has 0 aromatic rings. The van der Waals surface area contributed by atoms with Crippen LogP contribution in [0.1, 0.15) is 26.2 Å². The summed E-state index contributed by atoms with van der Waals surface area (Å²) in [5, 5.41) is 18.5. The van der Waals surface area contributed by atoms with Gasteiger partial charge < -0.3 is 19.8 Å². The Morgan fingerprint density at radius 1 is 1.35 bits per heavy atom. The molecule has 96 valence electrons. The number of likely N-dealkylation sites (tertiary alicyclic amines) is 1. The van der Waals surface area contributed by atoms with Gasteiger partial charge >= 0.3 is 5.97 Å². The summed E-state index contributed by atoms with van der Waals surface area (Å²) in [5.74, 6) is -1.22. The molecule has 2 saturated heterocycles. The molecule has 0 saturated carbocycles. The molecule has 2 N–H and O–H groups in total. The van der Waals surface area contributed by atoms with Crippen molar-refractivity contribution in [1.82, 2.24) is 4.90 Å². The van der Waals surface area contributed by atoms with E-state index in [9.17, 15) is 14.7 Å². The van der Waals surface area contributed by atoms with Crippen molar-refractivity contribution in [2.45, 2.75) is 44.0 Å². The first-order chi connectivity index (χ1) is 7.95. The molecule has 0 spiro atoms. The fourth-order valence-electron chi connectivity index (χ4n) is 2.25. The Morgan fingerprint density at radius 3 is 2.41 bits per heavy atom. The van der Waals surface area contributed by atoms with Gasteiger partial charge in [-0.3, -0.25) is 4.79 Å². The molecule has 1 amide bonds. The Morgan fingerprint density at radius 2 is 1.94 bits per heavy atom. The summed E-state index contributed by atoms with van der Waals surface area (Å²) in [6.07, 6.45) is -0.0954. The van der Waals surface area contributed by atoms with Crippen LogP contribution in [0.15, 0.2) is 0 Å². The summed E-state index contributed by atoms with van der Waals surface area (Å²) >= 11 is 0. The summed E-state index contributed by atoms with van der Waals surface area (Å²) in [4.78, 5) is 24.1. The summed E-state index contributed by atoms with van der Waals surface area (Å²) in [6.45, 7) is 2.51. The standard InChI is InChI=1S/C11H17NO5/c1-2-11(16)5-12(6-11)9(13)7-3-4-8(17-7)10(14)15/h7-8,16H,2-6H2,1H3,(H,14,15)/t7-,8+/m0/s1. The number of aliphatic hydroxyl groups is 1. The highest BCUT2D eigenvalue weighted by atomic mass is 16.5. The molecule has 2 fully saturated rings. The molecule has 6 heteroatoms. The number of carbonyl (C=O) groups excluding carboxylic acids is 1. The first-order valence-electron chi connectivity index (χ1n) is 5.84. The first kappa shape index (κ1) is 12.3. The maximum atomic E-state index is 11.9. The molecule has 2 atom stereocenters. The van der Waals surface area contributed by atoms with Crippen molar-refractivity contribution >= 4 is 11.9 Å². The number of aliphatic carboxylic acids is 1. The van der Waals surface area contributed by atoms with E-state index in [4.69, 9.17) is 9.84 Å². The van der Waals surface area contributed by atoms with Crippen LogP contribution in [0.4, 0.5) is 0 Å². The van der Waals surface area contributed by atoms with Gasteiger partial charge in [0, 0.05) is 0 Å². The van der Waals surface area contributed by atoms with Gasteiger partial charge in [0.25, 0.3) is 5.91 Å². The third kappa shape index (κ3) is 2.28. The summed E-state index contributed by atoms with van der Waals surface area (Å²) in [6, 6.07) is 0. The number of hydrogen-bond acceptors (Lipinski definition) is 4. The van der Waals surface area contributed by atoms with E-state index in [0.717, 1.165) is 0 Å². The van der Waals surface area contributed by atoms with Crippen LogP contribution < -0.4 is 0 Å². The molecule has 0 aliphatic carbocycles. The second-order valence-electron chi connectivity index (χ2n) is 4.80. The van der Waals surface area contributed by atoms with Crippen molar-refractivity contribution in [3.8, 4) is 0 Å². The molecule has 0 radical (unpaired) electrons. The smallest absolute Gasteiger partial charge is 0.332 e. The van der Waals surface area contributed by atoms with Crippen LogP contribution in [-0.2, 0) is 14.3 Å². The minimum absolute atomic E-state index is 0.202. The van der Waals surface area contributed by atoms with Crippen LogP contribution in [0, 0.1) is 0 Å². The molecule has 0 unspecified atom stereocenters. The van der Waals surface area contributed by atoms with Gasteiger partial charge in [0.15, 0.2) is 6.10 Å². The minimum Gasteiger partial charge on any atom is -0.479 e. The first-order valence-corrected chi connectivity index (χ1v) is 5.84. The number of carbonyl (C=O) groups is 2. The van der Waals surface area contributed by atoms with Crippen LogP contribution in [-0.4, -0.2) is 57.9 Å². The van der Waals surface area contributed by atoms with E-state index in [1.165, 1.54) is 4.90 Å². The lowest BCUT2D eigenvalue weighted by molar-refractivity contribution is -0.169. The number of nitrogens with zero attached hydrogens (tertiary/aromatic N) is 1. The monoisotopic (exact) mass is 243 g/mol. The van der Waals surface area contributed by atoms with Crippen LogP contribution in [0.5, 0.6) is 0 Å². The fraction of sp³-hybridized carbons (Fsp3) is 0.818. The molecule has 0 aromatic heterocycles. The number of carboxylic acid groups (broad SMARTS) is 1. The maximum Gasteiger partial charge on any atom is 0.332 e. The van der Waals surface area contributed by atoms with Gasteiger partial charge in [0.2, 0.25) is 0 Å². The summed E-state index contributed by atoms with van der Waals surface area (Å²) in [7, 11) is 0. The second kappa shape index (κ2) is 4.27. The lowest BCUT2D eigenvalue weighted by atomic mass is 9.91. The van der Waals surface area contributed by atoms with Gasteiger partial charge in [-0.2, -0.15) is 0 Å². The number of amides is 1.